The molecule has 1 fully saturated rings. The molecule has 0 N–H and O–H groups in total. The summed E-state index contributed by atoms with van der Waals surface area (Å²) >= 11 is 3.54. The molecule has 1 aliphatic heterocycles. The Balaban J connectivity index is 1.69. The molecule has 6 heteroatoms. The molecule has 0 bridgehead atoms. The molecule has 150 valence electrons. The lowest BCUT2D eigenvalue weighted by Gasteiger charge is -2.21. The quantitative estimate of drug-likeness (QED) is 0.527. The molecule has 1 amide bonds. The van der Waals surface area contributed by atoms with E-state index in [4.69, 9.17) is 10.1 Å². The van der Waals surface area contributed by atoms with E-state index in [1.54, 1.807) is 0 Å². The summed E-state index contributed by atoms with van der Waals surface area (Å²) in [7, 11) is 0. The number of pyridine rings is 1. The van der Waals surface area contributed by atoms with Gasteiger partial charge in [0.25, 0.3) is 5.91 Å². The first kappa shape index (κ1) is 18.8. The van der Waals surface area contributed by atoms with Crippen molar-refractivity contribution in [1.29, 1.82) is 0 Å². The lowest BCUT2D eigenvalue weighted by molar-refractivity contribution is 0.0990. The summed E-state index contributed by atoms with van der Waals surface area (Å²) in [6.45, 7) is 9.07. The Kier molecular flexibility index (Phi) is 4.14. The highest BCUT2D eigenvalue weighted by atomic mass is 79.9. The zero-order chi connectivity index (χ0) is 20.5. The third-order valence-electron chi connectivity index (χ3n) is 5.88. The van der Waals surface area contributed by atoms with Crippen LogP contribution < -0.4 is 4.90 Å². The van der Waals surface area contributed by atoms with Crippen LogP contribution in [0.2, 0.25) is 0 Å². The number of rotatable bonds is 2. The fraction of sp³-hybridized carbons (Fsp3) is 0.435. The van der Waals surface area contributed by atoms with Crippen molar-refractivity contribution >= 4 is 38.6 Å². The van der Waals surface area contributed by atoms with E-state index in [2.05, 4.69) is 42.8 Å². The molecule has 2 aromatic heterocycles. The topological polar surface area (TPSA) is 51.0 Å². The van der Waals surface area contributed by atoms with Gasteiger partial charge in [0.1, 0.15) is 0 Å². The largest absolute Gasteiger partial charge is 0.308 e. The summed E-state index contributed by atoms with van der Waals surface area (Å²) in [5.74, 6) is 0.522. The van der Waals surface area contributed by atoms with Crippen LogP contribution in [-0.2, 0) is 12.0 Å². The van der Waals surface area contributed by atoms with E-state index in [0.29, 0.717) is 12.5 Å². The molecule has 1 aliphatic carbocycles. The predicted octanol–water partition coefficient (Wildman–Crippen LogP) is 5.34. The maximum absolute atomic E-state index is 13.8. The van der Waals surface area contributed by atoms with Crippen LogP contribution in [-0.4, -0.2) is 27.2 Å². The number of hydrogen-bond acceptors (Lipinski definition) is 3. The summed E-state index contributed by atoms with van der Waals surface area (Å²) in [5.41, 5.74) is 5.48. The van der Waals surface area contributed by atoms with Crippen molar-refractivity contribution in [2.45, 2.75) is 58.4 Å². The third kappa shape index (κ3) is 3.08. The van der Waals surface area contributed by atoms with Gasteiger partial charge < -0.3 is 4.90 Å². The number of carbonyl (C=O) groups is 1. The molecule has 2 aliphatic rings. The maximum Gasteiger partial charge on any atom is 0.259 e. The first-order valence-electron chi connectivity index (χ1n) is 10.2. The van der Waals surface area contributed by atoms with Crippen molar-refractivity contribution < 1.29 is 4.79 Å². The highest BCUT2D eigenvalue weighted by molar-refractivity contribution is 9.10. The van der Waals surface area contributed by atoms with Crippen molar-refractivity contribution in [3.05, 3.63) is 51.3 Å². The lowest BCUT2D eigenvalue weighted by Crippen LogP contribution is -2.29. The van der Waals surface area contributed by atoms with Crippen LogP contribution in [0, 0.1) is 6.92 Å². The zero-order valence-electron chi connectivity index (χ0n) is 17.3. The molecule has 0 saturated heterocycles. The van der Waals surface area contributed by atoms with Crippen molar-refractivity contribution in [3.63, 3.8) is 0 Å². The minimum absolute atomic E-state index is 0.0527. The number of anilines is 1. The van der Waals surface area contributed by atoms with Gasteiger partial charge in [-0.05, 0) is 76.8 Å². The second-order valence-electron chi connectivity index (χ2n) is 9.22. The Morgan fingerprint density at radius 3 is 2.66 bits per heavy atom. The van der Waals surface area contributed by atoms with Gasteiger partial charge in [-0.2, -0.15) is 5.10 Å². The van der Waals surface area contributed by atoms with Crippen molar-refractivity contribution in [1.82, 2.24) is 14.8 Å². The van der Waals surface area contributed by atoms with Gasteiger partial charge in [0.05, 0.1) is 22.2 Å². The lowest BCUT2D eigenvalue weighted by atomic mass is 10.1. The average Bonchev–Trinajstić information content (AvgIpc) is 3.34. The number of halogens is 1. The van der Waals surface area contributed by atoms with Gasteiger partial charge in [-0.25, -0.2) is 9.67 Å². The van der Waals surface area contributed by atoms with Gasteiger partial charge in [-0.1, -0.05) is 15.9 Å². The fourth-order valence-corrected chi connectivity index (χ4v) is 4.67. The normalized spacial score (nSPS) is 16.5. The van der Waals surface area contributed by atoms with Crippen LogP contribution >= 0.6 is 15.9 Å². The molecular weight excluding hydrogens is 428 g/mol. The summed E-state index contributed by atoms with van der Waals surface area (Å²) in [4.78, 5) is 20.7. The first-order valence-corrected chi connectivity index (χ1v) is 11.0. The number of fused-ring (bicyclic) bond motifs is 2. The van der Waals surface area contributed by atoms with Crippen LogP contribution in [0.5, 0.6) is 0 Å². The number of benzene rings is 1. The molecule has 29 heavy (non-hydrogen) atoms. The van der Waals surface area contributed by atoms with Gasteiger partial charge >= 0.3 is 0 Å². The molecule has 0 atom stereocenters. The summed E-state index contributed by atoms with van der Waals surface area (Å²) in [5, 5.41) is 5.67. The molecule has 5 rings (SSSR count). The molecule has 0 radical (unpaired) electrons. The summed E-state index contributed by atoms with van der Waals surface area (Å²) in [6.07, 6.45) is 3.18. The molecule has 0 spiro atoms. The summed E-state index contributed by atoms with van der Waals surface area (Å²) < 4.78 is 3.03. The van der Waals surface area contributed by atoms with Gasteiger partial charge in [0.2, 0.25) is 0 Å². The monoisotopic (exact) mass is 452 g/mol. The van der Waals surface area contributed by atoms with E-state index >= 15 is 0 Å². The van der Waals surface area contributed by atoms with E-state index in [1.807, 2.05) is 34.7 Å². The van der Waals surface area contributed by atoms with Crippen LogP contribution in [0.25, 0.3) is 11.0 Å². The first-order chi connectivity index (χ1) is 13.7. The Morgan fingerprint density at radius 1 is 1.21 bits per heavy atom. The van der Waals surface area contributed by atoms with E-state index < -0.39 is 0 Å². The highest BCUT2D eigenvalue weighted by Crippen LogP contribution is 2.41. The number of amides is 1. The van der Waals surface area contributed by atoms with Crippen LogP contribution in [0.3, 0.4) is 0 Å². The smallest absolute Gasteiger partial charge is 0.259 e. The van der Waals surface area contributed by atoms with Crippen molar-refractivity contribution in [2.75, 3.05) is 11.4 Å². The minimum atomic E-state index is -0.200. The SMILES string of the molecule is Cc1nn(C(C)(C)C)c2nc(C3CC3)cc(C(=O)N3CCc4cc(Br)ccc43)c12. The minimum Gasteiger partial charge on any atom is -0.308 e. The number of nitrogens with zero attached hydrogens (tertiary/aromatic N) is 4. The van der Waals surface area contributed by atoms with Gasteiger partial charge in [-0.15, -0.1) is 0 Å². The summed E-state index contributed by atoms with van der Waals surface area (Å²) in [6, 6.07) is 8.19. The fourth-order valence-electron chi connectivity index (χ4n) is 4.26. The van der Waals surface area contributed by atoms with Gasteiger partial charge in [-0.3, -0.25) is 4.79 Å². The highest BCUT2D eigenvalue weighted by Gasteiger charge is 2.33. The second kappa shape index (κ2) is 6.39. The second-order valence-corrected chi connectivity index (χ2v) is 10.1. The number of carbonyl (C=O) groups excluding carboxylic acids is 1. The Labute approximate surface area is 179 Å². The predicted molar refractivity (Wildman–Crippen MR) is 119 cm³/mol. The molecular formula is C23H25BrN4O. The Hall–Kier alpha value is -2.21. The zero-order valence-corrected chi connectivity index (χ0v) is 18.9. The Morgan fingerprint density at radius 2 is 1.97 bits per heavy atom. The number of hydrogen-bond donors (Lipinski definition) is 0. The van der Waals surface area contributed by atoms with Gasteiger partial charge in [0, 0.05) is 28.3 Å². The molecule has 1 saturated carbocycles. The standard InChI is InChI=1S/C23H25BrN4O/c1-13-20-17(22(29)27-10-9-15-11-16(24)7-8-19(15)27)12-18(14-5-6-14)25-21(20)28(26-13)23(2,3)4/h7-8,11-12,14H,5-6,9-10H2,1-4H3. The van der Waals surface area contributed by atoms with Crippen LogP contribution in [0.4, 0.5) is 5.69 Å². The molecule has 0 unspecified atom stereocenters. The van der Waals surface area contributed by atoms with Crippen molar-refractivity contribution in [3.8, 4) is 0 Å². The van der Waals surface area contributed by atoms with Crippen molar-refractivity contribution in [2.24, 2.45) is 0 Å². The number of aryl methyl sites for hydroxylation is 1. The van der Waals surface area contributed by atoms with E-state index in [-0.39, 0.29) is 11.4 Å². The molecule has 3 aromatic rings. The number of aromatic nitrogens is 3. The van der Waals surface area contributed by atoms with Crippen LogP contribution in [0.15, 0.2) is 28.7 Å². The van der Waals surface area contributed by atoms with Gasteiger partial charge in [0.15, 0.2) is 5.65 Å². The maximum atomic E-state index is 13.8. The third-order valence-corrected chi connectivity index (χ3v) is 6.37. The molecule has 1 aromatic carbocycles. The van der Waals surface area contributed by atoms with E-state index in [0.717, 1.165) is 57.4 Å². The average molecular weight is 453 g/mol. The van der Waals surface area contributed by atoms with E-state index in [9.17, 15) is 4.79 Å². The van der Waals surface area contributed by atoms with E-state index in [1.165, 1.54) is 5.56 Å². The van der Waals surface area contributed by atoms with Crippen LogP contribution in [0.1, 0.15) is 66.8 Å². The molecule has 5 nitrogen and oxygen atoms in total. The molecule has 3 heterocycles. The Bertz CT molecular complexity index is 1150.